The predicted octanol–water partition coefficient (Wildman–Crippen LogP) is 0.175. The first kappa shape index (κ1) is 10.6. The van der Waals surface area contributed by atoms with Crippen LogP contribution in [-0.2, 0) is 9.84 Å². The summed E-state index contributed by atoms with van der Waals surface area (Å²) in [5.74, 6) is 2.46. The van der Waals surface area contributed by atoms with E-state index in [0.717, 1.165) is 19.3 Å². The topological polar surface area (TPSA) is 46.2 Å². The monoisotopic (exact) mass is 201 g/mol. The standard InChI is InChI=1S/C9H15NO2S/c1-3-7-10-8-5-4-6-9(8)13(2,11)12/h1,8-10H,4-7H2,2H3. The van der Waals surface area contributed by atoms with E-state index in [9.17, 15) is 8.42 Å². The van der Waals surface area contributed by atoms with E-state index >= 15 is 0 Å². The average molecular weight is 201 g/mol. The molecule has 74 valence electrons. The van der Waals surface area contributed by atoms with Crippen molar-refractivity contribution in [1.29, 1.82) is 0 Å². The van der Waals surface area contributed by atoms with Crippen molar-refractivity contribution in [3.8, 4) is 12.3 Å². The van der Waals surface area contributed by atoms with Crippen LogP contribution in [0, 0.1) is 12.3 Å². The Morgan fingerprint density at radius 3 is 2.77 bits per heavy atom. The molecule has 0 heterocycles. The molecule has 0 aromatic heterocycles. The second-order valence-electron chi connectivity index (χ2n) is 3.49. The smallest absolute Gasteiger partial charge is 0.151 e. The van der Waals surface area contributed by atoms with Crippen LogP contribution in [0.2, 0.25) is 0 Å². The summed E-state index contributed by atoms with van der Waals surface area (Å²) in [6, 6.07) is 0.0612. The van der Waals surface area contributed by atoms with Crippen molar-refractivity contribution < 1.29 is 8.42 Å². The maximum Gasteiger partial charge on any atom is 0.151 e. The fraction of sp³-hybridized carbons (Fsp3) is 0.778. The van der Waals surface area contributed by atoms with E-state index in [-0.39, 0.29) is 11.3 Å². The summed E-state index contributed by atoms with van der Waals surface area (Å²) in [5, 5.41) is 2.84. The molecule has 3 nitrogen and oxygen atoms in total. The van der Waals surface area contributed by atoms with E-state index in [1.54, 1.807) is 0 Å². The third kappa shape index (κ3) is 2.71. The van der Waals surface area contributed by atoms with Crippen molar-refractivity contribution in [3.05, 3.63) is 0 Å². The van der Waals surface area contributed by atoms with Gasteiger partial charge in [-0.3, -0.25) is 0 Å². The van der Waals surface area contributed by atoms with Crippen molar-refractivity contribution in [3.63, 3.8) is 0 Å². The molecule has 1 saturated carbocycles. The second-order valence-corrected chi connectivity index (χ2v) is 5.75. The molecule has 0 saturated heterocycles. The minimum Gasteiger partial charge on any atom is -0.302 e. The van der Waals surface area contributed by atoms with Crippen molar-refractivity contribution in [1.82, 2.24) is 5.32 Å². The lowest BCUT2D eigenvalue weighted by molar-refractivity contribution is 0.531. The van der Waals surface area contributed by atoms with Crippen molar-refractivity contribution >= 4 is 9.84 Å². The van der Waals surface area contributed by atoms with E-state index < -0.39 is 9.84 Å². The number of terminal acetylenes is 1. The van der Waals surface area contributed by atoms with Crippen LogP contribution < -0.4 is 5.32 Å². The van der Waals surface area contributed by atoms with Gasteiger partial charge in [0.2, 0.25) is 0 Å². The lowest BCUT2D eigenvalue weighted by Crippen LogP contribution is -2.40. The first-order valence-electron chi connectivity index (χ1n) is 4.41. The third-order valence-corrected chi connectivity index (χ3v) is 4.13. The summed E-state index contributed by atoms with van der Waals surface area (Å²) < 4.78 is 22.6. The second kappa shape index (κ2) is 4.12. The molecule has 1 fully saturated rings. The molecule has 2 unspecified atom stereocenters. The summed E-state index contributed by atoms with van der Waals surface area (Å²) in [7, 11) is -2.91. The van der Waals surface area contributed by atoms with Crippen LogP contribution in [0.1, 0.15) is 19.3 Å². The van der Waals surface area contributed by atoms with Crippen LogP contribution in [0.5, 0.6) is 0 Å². The van der Waals surface area contributed by atoms with Gasteiger partial charge in [-0.25, -0.2) is 8.42 Å². The molecule has 0 aromatic rings. The Morgan fingerprint density at radius 2 is 2.23 bits per heavy atom. The SMILES string of the molecule is C#CCNC1CCCC1S(C)(=O)=O. The van der Waals surface area contributed by atoms with Crippen molar-refractivity contribution in [2.75, 3.05) is 12.8 Å². The summed E-state index contributed by atoms with van der Waals surface area (Å²) in [5.41, 5.74) is 0. The lowest BCUT2D eigenvalue weighted by atomic mass is 10.2. The zero-order chi connectivity index (χ0) is 9.90. The van der Waals surface area contributed by atoms with Gasteiger partial charge >= 0.3 is 0 Å². The fourth-order valence-corrected chi connectivity index (χ4v) is 3.29. The number of sulfone groups is 1. The molecule has 0 radical (unpaired) electrons. The molecule has 13 heavy (non-hydrogen) atoms. The van der Waals surface area contributed by atoms with E-state index in [2.05, 4.69) is 11.2 Å². The van der Waals surface area contributed by atoms with Crippen LogP contribution in [0.3, 0.4) is 0 Å². The highest BCUT2D eigenvalue weighted by Gasteiger charge is 2.33. The molecular weight excluding hydrogens is 186 g/mol. The molecule has 0 aliphatic heterocycles. The Labute approximate surface area is 79.8 Å². The number of nitrogens with one attached hydrogen (secondary N) is 1. The van der Waals surface area contributed by atoms with Gasteiger partial charge in [0.25, 0.3) is 0 Å². The lowest BCUT2D eigenvalue weighted by Gasteiger charge is -2.17. The van der Waals surface area contributed by atoms with E-state index in [4.69, 9.17) is 6.42 Å². The van der Waals surface area contributed by atoms with E-state index in [1.165, 1.54) is 6.26 Å². The average Bonchev–Trinajstić information content (AvgIpc) is 2.47. The minimum atomic E-state index is -2.91. The molecule has 0 aromatic carbocycles. The Bertz CT molecular complexity index is 302. The highest BCUT2D eigenvalue weighted by molar-refractivity contribution is 7.91. The van der Waals surface area contributed by atoms with Gasteiger partial charge in [0, 0.05) is 12.3 Å². The van der Waals surface area contributed by atoms with Gasteiger partial charge in [-0.1, -0.05) is 12.3 Å². The molecule has 2 atom stereocenters. The number of rotatable bonds is 3. The van der Waals surface area contributed by atoms with Gasteiger partial charge in [0.15, 0.2) is 9.84 Å². The van der Waals surface area contributed by atoms with Crippen LogP contribution in [-0.4, -0.2) is 32.5 Å². The molecule has 0 spiro atoms. The maximum absolute atomic E-state index is 11.3. The normalized spacial score (nSPS) is 28.6. The Morgan fingerprint density at radius 1 is 1.54 bits per heavy atom. The zero-order valence-electron chi connectivity index (χ0n) is 7.79. The van der Waals surface area contributed by atoms with Gasteiger partial charge in [0.1, 0.15) is 0 Å². The van der Waals surface area contributed by atoms with Crippen LogP contribution in [0.15, 0.2) is 0 Å². The van der Waals surface area contributed by atoms with Crippen molar-refractivity contribution in [2.24, 2.45) is 0 Å². The Kier molecular flexibility index (Phi) is 3.34. The van der Waals surface area contributed by atoms with E-state index in [1.807, 2.05) is 0 Å². The van der Waals surface area contributed by atoms with Crippen LogP contribution >= 0.6 is 0 Å². The van der Waals surface area contributed by atoms with Gasteiger partial charge < -0.3 is 5.32 Å². The largest absolute Gasteiger partial charge is 0.302 e. The third-order valence-electron chi connectivity index (χ3n) is 2.47. The maximum atomic E-state index is 11.3. The Balaban J connectivity index is 2.60. The molecule has 1 rings (SSSR count). The molecule has 1 aliphatic carbocycles. The first-order chi connectivity index (χ1) is 6.05. The summed E-state index contributed by atoms with van der Waals surface area (Å²) in [4.78, 5) is 0. The summed E-state index contributed by atoms with van der Waals surface area (Å²) >= 11 is 0. The Hall–Kier alpha value is -0.530. The van der Waals surface area contributed by atoms with Crippen molar-refractivity contribution in [2.45, 2.75) is 30.6 Å². The molecule has 0 bridgehead atoms. The highest BCUT2D eigenvalue weighted by Crippen LogP contribution is 2.24. The zero-order valence-corrected chi connectivity index (χ0v) is 8.60. The summed E-state index contributed by atoms with van der Waals surface area (Å²) in [6.07, 6.45) is 9.05. The van der Waals surface area contributed by atoms with Crippen LogP contribution in [0.25, 0.3) is 0 Å². The van der Waals surface area contributed by atoms with Gasteiger partial charge in [-0.2, -0.15) is 0 Å². The minimum absolute atomic E-state index is 0.0612. The van der Waals surface area contributed by atoms with E-state index in [0.29, 0.717) is 6.54 Å². The molecule has 4 heteroatoms. The molecule has 1 N–H and O–H groups in total. The quantitative estimate of drug-likeness (QED) is 0.662. The highest BCUT2D eigenvalue weighted by atomic mass is 32.2. The molecular formula is C9H15NO2S. The van der Waals surface area contributed by atoms with Crippen LogP contribution in [0.4, 0.5) is 0 Å². The predicted molar refractivity (Wildman–Crippen MR) is 53.1 cm³/mol. The first-order valence-corrected chi connectivity index (χ1v) is 6.37. The van der Waals surface area contributed by atoms with Gasteiger partial charge in [-0.05, 0) is 12.8 Å². The number of hydrogen-bond acceptors (Lipinski definition) is 3. The summed E-state index contributed by atoms with van der Waals surface area (Å²) in [6.45, 7) is 0.455. The molecule has 0 amide bonds. The van der Waals surface area contributed by atoms with Gasteiger partial charge in [-0.15, -0.1) is 6.42 Å². The van der Waals surface area contributed by atoms with Gasteiger partial charge in [0.05, 0.1) is 11.8 Å². The number of hydrogen-bond donors (Lipinski definition) is 1. The fourth-order valence-electron chi connectivity index (χ4n) is 1.86. The molecule has 1 aliphatic rings.